The number of hydrogen-bond acceptors (Lipinski definition) is 3. The summed E-state index contributed by atoms with van der Waals surface area (Å²) in [6.07, 6.45) is 1.79. The molecule has 0 saturated heterocycles. The van der Waals surface area contributed by atoms with E-state index in [1.54, 1.807) is 32.2 Å². The lowest BCUT2D eigenvalue weighted by atomic mass is 10.1. The van der Waals surface area contributed by atoms with Crippen LogP contribution in [0.25, 0.3) is 0 Å². The van der Waals surface area contributed by atoms with E-state index in [0.29, 0.717) is 24.6 Å². The minimum atomic E-state index is 0. The number of nitrogens with one attached hydrogen (secondary N) is 2. The molecule has 0 unspecified atom stereocenters. The van der Waals surface area contributed by atoms with Crippen molar-refractivity contribution < 1.29 is 4.79 Å². The van der Waals surface area contributed by atoms with Crippen LogP contribution in [0.5, 0.6) is 0 Å². The van der Waals surface area contributed by atoms with Crippen molar-refractivity contribution in [3.05, 3.63) is 65.0 Å². The minimum Gasteiger partial charge on any atom is -0.352 e. The monoisotopic (exact) mass is 467 g/mol. The summed E-state index contributed by atoms with van der Waals surface area (Å²) in [5.74, 6) is 0.709. The molecule has 0 radical (unpaired) electrons. The Morgan fingerprint density at radius 3 is 2.35 bits per heavy atom. The molecule has 1 amide bonds. The number of aromatic nitrogens is 1. The molecule has 1 aromatic heterocycles. The standard InChI is InChI=1S/C19H25N5O.HI/c1-14-6-5-11-21-17(14)13-23-19(20-2)22-12-15-7-9-16(10-8-15)18(25)24(3)4;/h5-11H,12-13H2,1-4H3,(H2,20,22,23);1H. The summed E-state index contributed by atoms with van der Waals surface area (Å²) in [6, 6.07) is 11.5. The number of hydrogen-bond donors (Lipinski definition) is 2. The number of pyridine rings is 1. The summed E-state index contributed by atoms with van der Waals surface area (Å²) in [5, 5.41) is 6.52. The van der Waals surface area contributed by atoms with E-state index in [1.165, 1.54) is 0 Å². The molecule has 0 spiro atoms. The van der Waals surface area contributed by atoms with E-state index in [4.69, 9.17) is 0 Å². The van der Waals surface area contributed by atoms with Crippen molar-refractivity contribution in [2.45, 2.75) is 20.0 Å². The van der Waals surface area contributed by atoms with Gasteiger partial charge in [0.2, 0.25) is 0 Å². The first-order chi connectivity index (χ1) is 12.0. The third kappa shape index (κ3) is 6.29. The zero-order valence-electron chi connectivity index (χ0n) is 15.6. The van der Waals surface area contributed by atoms with Gasteiger partial charge in [-0.25, -0.2) is 0 Å². The van der Waals surface area contributed by atoms with Gasteiger partial charge in [0, 0.05) is 39.4 Å². The van der Waals surface area contributed by atoms with E-state index in [2.05, 4.69) is 20.6 Å². The number of carbonyl (C=O) groups is 1. The van der Waals surface area contributed by atoms with Gasteiger partial charge in [-0.15, -0.1) is 24.0 Å². The molecular formula is C19H26IN5O. The number of rotatable bonds is 5. The molecule has 1 heterocycles. The van der Waals surface area contributed by atoms with Crippen LogP contribution >= 0.6 is 24.0 Å². The molecular weight excluding hydrogens is 441 g/mol. The van der Waals surface area contributed by atoms with Crippen LogP contribution in [-0.2, 0) is 13.1 Å². The number of nitrogens with zero attached hydrogens (tertiary/aromatic N) is 3. The maximum atomic E-state index is 11.9. The molecule has 0 aliphatic rings. The van der Waals surface area contributed by atoms with Gasteiger partial charge in [0.05, 0.1) is 12.2 Å². The third-order valence-electron chi connectivity index (χ3n) is 3.83. The van der Waals surface area contributed by atoms with Crippen LogP contribution in [-0.4, -0.2) is 42.9 Å². The maximum Gasteiger partial charge on any atom is 0.253 e. The summed E-state index contributed by atoms with van der Waals surface area (Å²) in [7, 11) is 5.23. The Kier molecular flexibility index (Phi) is 9.04. The SMILES string of the molecule is CN=C(NCc1ccc(C(=O)N(C)C)cc1)NCc1ncccc1C.I. The second-order valence-electron chi connectivity index (χ2n) is 5.94. The van der Waals surface area contributed by atoms with Gasteiger partial charge in [0.15, 0.2) is 5.96 Å². The van der Waals surface area contributed by atoms with Crippen LogP contribution in [0.15, 0.2) is 47.6 Å². The van der Waals surface area contributed by atoms with Crippen LogP contribution in [0.2, 0.25) is 0 Å². The van der Waals surface area contributed by atoms with E-state index in [-0.39, 0.29) is 29.9 Å². The molecule has 0 bridgehead atoms. The average Bonchev–Trinajstić information content (AvgIpc) is 2.63. The normalized spacial score (nSPS) is 10.7. The Morgan fingerprint density at radius 2 is 1.77 bits per heavy atom. The highest BCUT2D eigenvalue weighted by Gasteiger charge is 2.07. The Bertz CT molecular complexity index is 744. The number of carbonyl (C=O) groups excluding carboxylic acids is 1. The molecule has 140 valence electrons. The first-order valence-corrected chi connectivity index (χ1v) is 8.17. The molecule has 0 fully saturated rings. The van der Waals surface area contributed by atoms with Gasteiger partial charge in [0.1, 0.15) is 0 Å². The number of aryl methyl sites for hydroxylation is 1. The highest BCUT2D eigenvalue weighted by molar-refractivity contribution is 14.0. The molecule has 0 aliphatic heterocycles. The van der Waals surface area contributed by atoms with Crippen LogP contribution in [0.4, 0.5) is 0 Å². The van der Waals surface area contributed by atoms with Gasteiger partial charge < -0.3 is 15.5 Å². The van der Waals surface area contributed by atoms with Gasteiger partial charge in [-0.1, -0.05) is 18.2 Å². The molecule has 6 nitrogen and oxygen atoms in total. The predicted octanol–water partition coefficient (Wildman–Crippen LogP) is 2.58. The van der Waals surface area contributed by atoms with Gasteiger partial charge >= 0.3 is 0 Å². The van der Waals surface area contributed by atoms with Gasteiger partial charge in [-0.05, 0) is 36.2 Å². The quantitative estimate of drug-likeness (QED) is 0.403. The molecule has 2 rings (SSSR count). The van der Waals surface area contributed by atoms with Crippen molar-refractivity contribution in [3.8, 4) is 0 Å². The van der Waals surface area contributed by atoms with E-state index in [0.717, 1.165) is 16.8 Å². The number of benzene rings is 1. The van der Waals surface area contributed by atoms with Crippen molar-refractivity contribution in [2.24, 2.45) is 4.99 Å². The zero-order chi connectivity index (χ0) is 18.2. The molecule has 0 atom stereocenters. The van der Waals surface area contributed by atoms with Crippen molar-refractivity contribution in [1.29, 1.82) is 0 Å². The molecule has 1 aromatic carbocycles. The van der Waals surface area contributed by atoms with E-state index in [1.807, 2.05) is 43.3 Å². The second kappa shape index (κ2) is 10.7. The molecule has 2 aromatic rings. The van der Waals surface area contributed by atoms with E-state index in [9.17, 15) is 4.79 Å². The smallest absolute Gasteiger partial charge is 0.253 e. The van der Waals surface area contributed by atoms with Crippen molar-refractivity contribution in [3.63, 3.8) is 0 Å². The zero-order valence-corrected chi connectivity index (χ0v) is 17.9. The molecule has 7 heteroatoms. The van der Waals surface area contributed by atoms with Gasteiger partial charge in [-0.3, -0.25) is 14.8 Å². The predicted molar refractivity (Wildman–Crippen MR) is 116 cm³/mol. The topological polar surface area (TPSA) is 69.6 Å². The lowest BCUT2D eigenvalue weighted by Gasteiger charge is -2.13. The van der Waals surface area contributed by atoms with Crippen molar-refractivity contribution >= 4 is 35.8 Å². The van der Waals surface area contributed by atoms with Crippen LogP contribution in [0, 0.1) is 6.92 Å². The van der Waals surface area contributed by atoms with E-state index < -0.39 is 0 Å². The Balaban J connectivity index is 0.00000338. The fraction of sp³-hybridized carbons (Fsp3) is 0.316. The summed E-state index contributed by atoms with van der Waals surface area (Å²) in [6.45, 7) is 3.27. The molecule has 26 heavy (non-hydrogen) atoms. The van der Waals surface area contributed by atoms with Crippen LogP contribution in [0.1, 0.15) is 27.2 Å². The van der Waals surface area contributed by atoms with E-state index >= 15 is 0 Å². The van der Waals surface area contributed by atoms with Gasteiger partial charge in [0.25, 0.3) is 5.91 Å². The number of halogens is 1. The number of guanidine groups is 1. The molecule has 0 saturated carbocycles. The van der Waals surface area contributed by atoms with Crippen molar-refractivity contribution in [2.75, 3.05) is 21.1 Å². The summed E-state index contributed by atoms with van der Waals surface area (Å²) in [5.41, 5.74) is 3.90. The van der Waals surface area contributed by atoms with Crippen LogP contribution in [0.3, 0.4) is 0 Å². The number of aliphatic imine (C=N–C) groups is 1. The Hall–Kier alpha value is -2.16. The Morgan fingerprint density at radius 1 is 1.12 bits per heavy atom. The summed E-state index contributed by atoms with van der Waals surface area (Å²) < 4.78 is 0. The third-order valence-corrected chi connectivity index (χ3v) is 3.83. The fourth-order valence-corrected chi connectivity index (χ4v) is 2.30. The lowest BCUT2D eigenvalue weighted by Crippen LogP contribution is -2.36. The minimum absolute atomic E-state index is 0. The Labute approximate surface area is 172 Å². The fourth-order valence-electron chi connectivity index (χ4n) is 2.30. The first kappa shape index (κ1) is 21.9. The highest BCUT2D eigenvalue weighted by Crippen LogP contribution is 2.06. The largest absolute Gasteiger partial charge is 0.352 e. The van der Waals surface area contributed by atoms with Crippen LogP contribution < -0.4 is 10.6 Å². The first-order valence-electron chi connectivity index (χ1n) is 8.17. The molecule has 2 N–H and O–H groups in total. The van der Waals surface area contributed by atoms with Crippen molar-refractivity contribution in [1.82, 2.24) is 20.5 Å². The van der Waals surface area contributed by atoms with Gasteiger partial charge in [-0.2, -0.15) is 0 Å². The lowest BCUT2D eigenvalue weighted by molar-refractivity contribution is 0.0827. The number of amides is 1. The maximum absolute atomic E-state index is 11.9. The second-order valence-corrected chi connectivity index (χ2v) is 5.94. The average molecular weight is 467 g/mol. The molecule has 0 aliphatic carbocycles. The highest BCUT2D eigenvalue weighted by atomic mass is 127. The summed E-state index contributed by atoms with van der Waals surface area (Å²) in [4.78, 5) is 22.0. The summed E-state index contributed by atoms with van der Waals surface area (Å²) >= 11 is 0.